The molecule has 1 atom stereocenters. The number of Topliss-reactive ketones (excluding diaryl/α,β-unsaturated/α-hetero) is 1. The first-order chi connectivity index (χ1) is 13.0. The fraction of sp³-hybridized carbons (Fsp3) is 0.222. The third kappa shape index (κ3) is 3.32. The molecule has 0 radical (unpaired) electrons. The van der Waals surface area contributed by atoms with E-state index in [-0.39, 0.29) is 35.7 Å². The maximum absolute atomic E-state index is 12.6. The number of furan rings is 1. The minimum Gasteiger partial charge on any atom is -0.507 e. The quantitative estimate of drug-likeness (QED) is 0.271. The normalized spacial score (nSPS) is 18.9. The zero-order valence-corrected chi connectivity index (χ0v) is 14.3. The van der Waals surface area contributed by atoms with E-state index in [9.17, 15) is 24.8 Å². The van der Waals surface area contributed by atoms with Crippen LogP contribution in [0.4, 0.5) is 5.69 Å². The van der Waals surface area contributed by atoms with Crippen LogP contribution in [0, 0.1) is 10.1 Å². The Labute approximate surface area is 153 Å². The van der Waals surface area contributed by atoms with Gasteiger partial charge in [0.2, 0.25) is 0 Å². The minimum atomic E-state index is -0.950. The average Bonchev–Trinajstić information content (AvgIpc) is 3.27. The molecule has 1 aromatic carbocycles. The van der Waals surface area contributed by atoms with Crippen LogP contribution in [0.5, 0.6) is 0 Å². The molecule has 1 aromatic heterocycles. The molecule has 1 aliphatic rings. The van der Waals surface area contributed by atoms with Crippen LogP contribution in [0.3, 0.4) is 0 Å². The molecule has 1 amide bonds. The van der Waals surface area contributed by atoms with Crippen molar-refractivity contribution in [1.29, 1.82) is 0 Å². The predicted octanol–water partition coefficient (Wildman–Crippen LogP) is 2.26. The number of likely N-dealkylation sites (tertiary alicyclic amines) is 1. The number of aliphatic hydroxyl groups excluding tert-OH is 1. The molecule has 1 unspecified atom stereocenters. The van der Waals surface area contributed by atoms with Gasteiger partial charge in [-0.2, -0.15) is 0 Å². The maximum atomic E-state index is 12.6. The van der Waals surface area contributed by atoms with E-state index < -0.39 is 28.4 Å². The first kappa shape index (κ1) is 18.3. The lowest BCUT2D eigenvalue weighted by molar-refractivity contribution is -0.384. The van der Waals surface area contributed by atoms with Crippen LogP contribution in [0.25, 0.3) is 5.76 Å². The summed E-state index contributed by atoms with van der Waals surface area (Å²) in [4.78, 5) is 36.7. The van der Waals surface area contributed by atoms with Gasteiger partial charge < -0.3 is 19.2 Å². The number of amides is 1. The predicted molar refractivity (Wildman–Crippen MR) is 92.7 cm³/mol. The summed E-state index contributed by atoms with van der Waals surface area (Å²) < 4.78 is 10.3. The standard InChI is InChI=1S/C18H16N2O7/c1-26-9-7-19-15(13-6-3-8-27-13)14(17(22)18(19)23)16(21)11-4-2-5-12(10-11)20(24)25/h2-6,8,10,15,21H,7,9H2,1H3/b16-14-. The number of aliphatic hydroxyl groups is 1. The van der Waals surface area contributed by atoms with E-state index in [2.05, 4.69) is 0 Å². The maximum Gasteiger partial charge on any atom is 0.295 e. The molecule has 1 aliphatic heterocycles. The van der Waals surface area contributed by atoms with E-state index in [1.807, 2.05) is 0 Å². The number of rotatable bonds is 6. The molecule has 9 nitrogen and oxygen atoms in total. The van der Waals surface area contributed by atoms with E-state index in [1.165, 1.54) is 36.5 Å². The van der Waals surface area contributed by atoms with Crippen LogP contribution in [0.2, 0.25) is 0 Å². The second-order valence-electron chi connectivity index (χ2n) is 5.81. The number of ether oxygens (including phenoxy) is 1. The highest BCUT2D eigenvalue weighted by molar-refractivity contribution is 6.46. The molecule has 27 heavy (non-hydrogen) atoms. The summed E-state index contributed by atoms with van der Waals surface area (Å²) >= 11 is 0. The Morgan fingerprint density at radius 1 is 1.33 bits per heavy atom. The summed E-state index contributed by atoms with van der Waals surface area (Å²) in [5.41, 5.74) is -0.376. The van der Waals surface area contributed by atoms with Crippen LogP contribution >= 0.6 is 0 Å². The van der Waals surface area contributed by atoms with Crippen molar-refractivity contribution in [3.63, 3.8) is 0 Å². The van der Waals surface area contributed by atoms with Crippen LogP contribution in [-0.4, -0.2) is 46.9 Å². The molecule has 2 aromatic rings. The summed E-state index contributed by atoms with van der Waals surface area (Å²) in [5.74, 6) is -1.91. The summed E-state index contributed by atoms with van der Waals surface area (Å²) in [6.07, 6.45) is 1.39. The zero-order chi connectivity index (χ0) is 19.6. The molecule has 0 aliphatic carbocycles. The first-order valence-corrected chi connectivity index (χ1v) is 8.01. The van der Waals surface area contributed by atoms with Crippen LogP contribution in [0.1, 0.15) is 17.4 Å². The highest BCUT2D eigenvalue weighted by Crippen LogP contribution is 2.39. The molecule has 1 N–H and O–H groups in total. The number of ketones is 1. The molecule has 1 fully saturated rings. The fourth-order valence-electron chi connectivity index (χ4n) is 2.97. The Bertz CT molecular complexity index is 918. The van der Waals surface area contributed by atoms with Gasteiger partial charge in [0.1, 0.15) is 17.6 Å². The van der Waals surface area contributed by atoms with Gasteiger partial charge in [0.25, 0.3) is 17.4 Å². The van der Waals surface area contributed by atoms with Crippen molar-refractivity contribution in [3.8, 4) is 0 Å². The van der Waals surface area contributed by atoms with E-state index in [1.54, 1.807) is 12.1 Å². The molecule has 0 bridgehead atoms. The lowest BCUT2D eigenvalue weighted by Gasteiger charge is -2.22. The second-order valence-corrected chi connectivity index (χ2v) is 5.81. The molecule has 0 saturated carbocycles. The van der Waals surface area contributed by atoms with Gasteiger partial charge >= 0.3 is 0 Å². The topological polar surface area (TPSA) is 123 Å². The Morgan fingerprint density at radius 3 is 2.74 bits per heavy atom. The van der Waals surface area contributed by atoms with Crippen LogP contribution in [0.15, 0.2) is 52.7 Å². The Morgan fingerprint density at radius 2 is 2.11 bits per heavy atom. The number of carbonyl (C=O) groups is 2. The molecule has 140 valence electrons. The molecule has 9 heteroatoms. The Hall–Kier alpha value is -3.46. The van der Waals surface area contributed by atoms with Crippen molar-refractivity contribution in [1.82, 2.24) is 4.90 Å². The van der Waals surface area contributed by atoms with E-state index in [0.29, 0.717) is 0 Å². The van der Waals surface area contributed by atoms with Gasteiger partial charge in [-0.05, 0) is 12.1 Å². The number of benzene rings is 1. The summed E-state index contributed by atoms with van der Waals surface area (Å²) in [5, 5.41) is 21.7. The highest BCUT2D eigenvalue weighted by Gasteiger charge is 2.47. The molecule has 3 rings (SSSR count). The van der Waals surface area contributed by atoms with Crippen molar-refractivity contribution in [3.05, 3.63) is 69.7 Å². The SMILES string of the molecule is COCCN1C(=O)C(=O)/C(=C(\O)c2cccc([N+](=O)[O-])c2)C1c1ccco1. The number of carbonyl (C=O) groups excluding carboxylic acids is 2. The third-order valence-electron chi connectivity index (χ3n) is 4.22. The smallest absolute Gasteiger partial charge is 0.295 e. The molecule has 0 spiro atoms. The molecular weight excluding hydrogens is 356 g/mol. The van der Waals surface area contributed by atoms with E-state index in [4.69, 9.17) is 9.15 Å². The lowest BCUT2D eigenvalue weighted by Crippen LogP contribution is -2.32. The summed E-state index contributed by atoms with van der Waals surface area (Å²) in [6, 6.07) is 7.43. The zero-order valence-electron chi connectivity index (χ0n) is 14.3. The third-order valence-corrected chi connectivity index (χ3v) is 4.22. The van der Waals surface area contributed by atoms with Gasteiger partial charge in [0, 0.05) is 31.4 Å². The van der Waals surface area contributed by atoms with Crippen LogP contribution in [-0.2, 0) is 14.3 Å². The number of nitrogens with zero attached hydrogens (tertiary/aromatic N) is 2. The highest BCUT2D eigenvalue weighted by atomic mass is 16.6. The molecule has 2 heterocycles. The van der Waals surface area contributed by atoms with Crippen molar-refractivity contribution in [2.24, 2.45) is 0 Å². The second kappa shape index (κ2) is 7.42. The fourth-order valence-corrected chi connectivity index (χ4v) is 2.97. The van der Waals surface area contributed by atoms with Crippen molar-refractivity contribution < 1.29 is 28.8 Å². The molecule has 1 saturated heterocycles. The number of non-ortho nitro benzene ring substituents is 1. The van der Waals surface area contributed by atoms with Gasteiger partial charge in [-0.1, -0.05) is 12.1 Å². The number of hydrogen-bond donors (Lipinski definition) is 1. The van der Waals surface area contributed by atoms with Crippen LogP contribution < -0.4 is 0 Å². The van der Waals surface area contributed by atoms with Gasteiger partial charge in [-0.15, -0.1) is 0 Å². The minimum absolute atomic E-state index is 0.0606. The number of methoxy groups -OCH3 is 1. The van der Waals surface area contributed by atoms with Gasteiger partial charge in [-0.25, -0.2) is 0 Å². The number of nitro groups is 1. The number of hydrogen-bond acceptors (Lipinski definition) is 7. The monoisotopic (exact) mass is 372 g/mol. The van der Waals surface area contributed by atoms with E-state index >= 15 is 0 Å². The Kier molecular flexibility index (Phi) is 5.04. The summed E-state index contributed by atoms with van der Waals surface area (Å²) in [6.45, 7) is 0.291. The average molecular weight is 372 g/mol. The van der Waals surface area contributed by atoms with Crippen molar-refractivity contribution in [2.45, 2.75) is 6.04 Å². The number of nitro benzene ring substituents is 1. The molecular formula is C18H16N2O7. The lowest BCUT2D eigenvalue weighted by atomic mass is 9.99. The first-order valence-electron chi connectivity index (χ1n) is 8.01. The van der Waals surface area contributed by atoms with E-state index in [0.717, 1.165) is 6.07 Å². The van der Waals surface area contributed by atoms with Crippen molar-refractivity contribution >= 4 is 23.1 Å². The van der Waals surface area contributed by atoms with Gasteiger partial charge in [0.15, 0.2) is 0 Å². The van der Waals surface area contributed by atoms with Gasteiger partial charge in [-0.3, -0.25) is 19.7 Å². The van der Waals surface area contributed by atoms with Gasteiger partial charge in [0.05, 0.1) is 23.4 Å². The summed E-state index contributed by atoms with van der Waals surface area (Å²) in [7, 11) is 1.46. The van der Waals surface area contributed by atoms with Crippen molar-refractivity contribution in [2.75, 3.05) is 20.3 Å². The largest absolute Gasteiger partial charge is 0.507 e. The Balaban J connectivity index is 2.14.